The first-order valence-corrected chi connectivity index (χ1v) is 7.15. The van der Waals surface area contributed by atoms with Gasteiger partial charge in [-0.05, 0) is 36.5 Å². The van der Waals surface area contributed by atoms with Crippen LogP contribution in [0.15, 0.2) is 24.3 Å². The van der Waals surface area contributed by atoms with E-state index < -0.39 is 0 Å². The highest BCUT2D eigenvalue weighted by molar-refractivity contribution is 5.76. The van der Waals surface area contributed by atoms with E-state index in [1.165, 1.54) is 5.56 Å². The summed E-state index contributed by atoms with van der Waals surface area (Å²) in [6.45, 7) is 2.18. The molecule has 0 N–H and O–H groups in total. The fourth-order valence-corrected chi connectivity index (χ4v) is 2.71. The van der Waals surface area contributed by atoms with E-state index in [4.69, 9.17) is 9.47 Å². The molecule has 2 rings (SSSR count). The summed E-state index contributed by atoms with van der Waals surface area (Å²) in [5.41, 5.74) is 1.31. The molecule has 0 radical (unpaired) electrons. The number of nitrogens with zero attached hydrogens (tertiary/aromatic N) is 1. The summed E-state index contributed by atoms with van der Waals surface area (Å²) < 4.78 is 10.2. The third-order valence-corrected chi connectivity index (χ3v) is 3.93. The zero-order valence-electron chi connectivity index (χ0n) is 12.3. The second-order valence-corrected chi connectivity index (χ2v) is 5.17. The number of amides is 1. The standard InChI is InChI=1S/C16H23NO3/c1-19-11-8-16(18)17-9-6-13(7-10-17)14-4-3-5-15(12-14)20-2/h3-5,12-13H,6-11H2,1-2H3. The number of hydrogen-bond donors (Lipinski definition) is 0. The number of rotatable bonds is 5. The molecule has 1 heterocycles. The first kappa shape index (κ1) is 14.9. The van der Waals surface area contributed by atoms with Gasteiger partial charge in [-0.15, -0.1) is 0 Å². The van der Waals surface area contributed by atoms with Gasteiger partial charge in [-0.1, -0.05) is 12.1 Å². The van der Waals surface area contributed by atoms with Crippen molar-refractivity contribution in [2.45, 2.75) is 25.2 Å². The van der Waals surface area contributed by atoms with Crippen LogP contribution in [0.3, 0.4) is 0 Å². The normalized spacial score (nSPS) is 16.2. The Morgan fingerprint density at radius 2 is 2.05 bits per heavy atom. The van der Waals surface area contributed by atoms with Gasteiger partial charge in [-0.25, -0.2) is 0 Å². The molecule has 0 saturated carbocycles. The van der Waals surface area contributed by atoms with Crippen molar-refractivity contribution < 1.29 is 14.3 Å². The lowest BCUT2D eigenvalue weighted by Crippen LogP contribution is -2.38. The number of piperidine rings is 1. The average Bonchev–Trinajstić information content (AvgIpc) is 2.52. The summed E-state index contributed by atoms with van der Waals surface area (Å²) in [6, 6.07) is 8.25. The van der Waals surface area contributed by atoms with Crippen molar-refractivity contribution in [1.82, 2.24) is 4.90 Å². The smallest absolute Gasteiger partial charge is 0.224 e. The summed E-state index contributed by atoms with van der Waals surface area (Å²) in [5.74, 6) is 1.63. The molecule has 0 bridgehead atoms. The molecule has 1 amide bonds. The topological polar surface area (TPSA) is 38.8 Å². The summed E-state index contributed by atoms with van der Waals surface area (Å²) in [5, 5.41) is 0. The van der Waals surface area contributed by atoms with Crippen LogP contribution in [-0.4, -0.2) is 44.7 Å². The number of carbonyl (C=O) groups excluding carboxylic acids is 1. The Balaban J connectivity index is 1.88. The molecule has 1 aliphatic heterocycles. The lowest BCUT2D eigenvalue weighted by atomic mass is 9.89. The van der Waals surface area contributed by atoms with E-state index in [9.17, 15) is 4.79 Å². The van der Waals surface area contributed by atoms with Gasteiger partial charge in [0.15, 0.2) is 0 Å². The van der Waals surface area contributed by atoms with Crippen LogP contribution in [0.5, 0.6) is 5.75 Å². The van der Waals surface area contributed by atoms with Crippen molar-refractivity contribution >= 4 is 5.91 Å². The number of methoxy groups -OCH3 is 2. The minimum atomic E-state index is 0.205. The van der Waals surface area contributed by atoms with E-state index in [0.29, 0.717) is 18.9 Å². The van der Waals surface area contributed by atoms with Gasteiger partial charge in [0.2, 0.25) is 5.91 Å². The first-order chi connectivity index (χ1) is 9.74. The fourth-order valence-electron chi connectivity index (χ4n) is 2.71. The molecule has 1 saturated heterocycles. The highest BCUT2D eigenvalue weighted by Crippen LogP contribution is 2.30. The SMILES string of the molecule is COCCC(=O)N1CCC(c2cccc(OC)c2)CC1. The maximum absolute atomic E-state index is 11.9. The predicted molar refractivity (Wildman–Crippen MR) is 78.0 cm³/mol. The Bertz CT molecular complexity index is 439. The van der Waals surface area contributed by atoms with Crippen molar-refractivity contribution in [2.75, 3.05) is 33.9 Å². The Kier molecular flexibility index (Phi) is 5.41. The van der Waals surface area contributed by atoms with E-state index >= 15 is 0 Å². The first-order valence-electron chi connectivity index (χ1n) is 7.15. The van der Waals surface area contributed by atoms with Crippen LogP contribution >= 0.6 is 0 Å². The van der Waals surface area contributed by atoms with Gasteiger partial charge in [0, 0.05) is 20.2 Å². The Morgan fingerprint density at radius 1 is 1.30 bits per heavy atom. The quantitative estimate of drug-likeness (QED) is 0.829. The number of likely N-dealkylation sites (tertiary alicyclic amines) is 1. The van der Waals surface area contributed by atoms with Crippen LogP contribution in [0.1, 0.15) is 30.7 Å². The van der Waals surface area contributed by atoms with Gasteiger partial charge < -0.3 is 14.4 Å². The van der Waals surface area contributed by atoms with Crippen LogP contribution in [-0.2, 0) is 9.53 Å². The Morgan fingerprint density at radius 3 is 2.70 bits per heavy atom. The fraction of sp³-hybridized carbons (Fsp3) is 0.562. The maximum Gasteiger partial charge on any atom is 0.224 e. The Labute approximate surface area is 120 Å². The largest absolute Gasteiger partial charge is 0.497 e. The van der Waals surface area contributed by atoms with Gasteiger partial charge in [0.1, 0.15) is 5.75 Å². The van der Waals surface area contributed by atoms with Gasteiger partial charge in [0.25, 0.3) is 0 Å². The number of carbonyl (C=O) groups is 1. The van der Waals surface area contributed by atoms with Crippen molar-refractivity contribution in [1.29, 1.82) is 0 Å². The summed E-state index contributed by atoms with van der Waals surface area (Å²) in [4.78, 5) is 13.9. The summed E-state index contributed by atoms with van der Waals surface area (Å²) in [7, 11) is 3.32. The highest BCUT2D eigenvalue weighted by atomic mass is 16.5. The molecule has 20 heavy (non-hydrogen) atoms. The second kappa shape index (κ2) is 7.29. The second-order valence-electron chi connectivity index (χ2n) is 5.17. The molecule has 0 aromatic heterocycles. The van der Waals surface area contributed by atoms with Crippen LogP contribution in [0.25, 0.3) is 0 Å². The lowest BCUT2D eigenvalue weighted by Gasteiger charge is -2.32. The van der Waals surface area contributed by atoms with Crippen molar-refractivity contribution in [3.63, 3.8) is 0 Å². The average molecular weight is 277 g/mol. The third-order valence-electron chi connectivity index (χ3n) is 3.93. The minimum absolute atomic E-state index is 0.205. The monoisotopic (exact) mass is 277 g/mol. The minimum Gasteiger partial charge on any atom is -0.497 e. The molecule has 4 heteroatoms. The van der Waals surface area contributed by atoms with Crippen molar-refractivity contribution in [2.24, 2.45) is 0 Å². The van der Waals surface area contributed by atoms with E-state index in [0.717, 1.165) is 31.7 Å². The lowest BCUT2D eigenvalue weighted by molar-refractivity contribution is -0.133. The molecule has 0 aliphatic carbocycles. The summed E-state index contributed by atoms with van der Waals surface area (Å²) in [6.07, 6.45) is 2.53. The Hall–Kier alpha value is -1.55. The predicted octanol–water partition coefficient (Wildman–Crippen LogP) is 2.44. The molecule has 1 aromatic carbocycles. The molecular weight excluding hydrogens is 254 g/mol. The van der Waals surface area contributed by atoms with E-state index in [-0.39, 0.29) is 5.91 Å². The molecule has 1 aliphatic rings. The van der Waals surface area contributed by atoms with Crippen LogP contribution in [0.4, 0.5) is 0 Å². The molecule has 0 atom stereocenters. The van der Waals surface area contributed by atoms with Gasteiger partial charge >= 0.3 is 0 Å². The zero-order chi connectivity index (χ0) is 14.4. The van der Waals surface area contributed by atoms with Crippen LogP contribution < -0.4 is 4.74 Å². The molecule has 1 aromatic rings. The molecule has 110 valence electrons. The van der Waals surface area contributed by atoms with Crippen LogP contribution in [0.2, 0.25) is 0 Å². The number of ether oxygens (including phenoxy) is 2. The van der Waals surface area contributed by atoms with Crippen molar-refractivity contribution in [3.8, 4) is 5.75 Å². The molecular formula is C16H23NO3. The maximum atomic E-state index is 11.9. The van der Waals surface area contributed by atoms with Gasteiger partial charge in [0.05, 0.1) is 20.1 Å². The van der Waals surface area contributed by atoms with E-state index in [1.807, 2.05) is 17.0 Å². The molecule has 1 fully saturated rings. The van der Waals surface area contributed by atoms with Crippen LogP contribution in [0, 0.1) is 0 Å². The third kappa shape index (κ3) is 3.73. The highest BCUT2D eigenvalue weighted by Gasteiger charge is 2.23. The molecule has 0 unspecified atom stereocenters. The molecule has 0 spiro atoms. The van der Waals surface area contributed by atoms with E-state index in [1.54, 1.807) is 14.2 Å². The molecule has 4 nitrogen and oxygen atoms in total. The summed E-state index contributed by atoms with van der Waals surface area (Å²) >= 11 is 0. The van der Waals surface area contributed by atoms with E-state index in [2.05, 4.69) is 12.1 Å². The number of hydrogen-bond acceptors (Lipinski definition) is 3. The van der Waals surface area contributed by atoms with Gasteiger partial charge in [-0.2, -0.15) is 0 Å². The van der Waals surface area contributed by atoms with Gasteiger partial charge in [-0.3, -0.25) is 4.79 Å². The van der Waals surface area contributed by atoms with Crippen molar-refractivity contribution in [3.05, 3.63) is 29.8 Å². The zero-order valence-corrected chi connectivity index (χ0v) is 12.3. The number of benzene rings is 1.